The first-order valence-electron chi connectivity index (χ1n) is 6.46. The number of morpholine rings is 1. The molecule has 0 bridgehead atoms. The maximum Gasteiger partial charge on any atom is 0.0591 e. The summed E-state index contributed by atoms with van der Waals surface area (Å²) in [5.74, 6) is 0. The highest BCUT2D eigenvalue weighted by atomic mass is 79.9. The van der Waals surface area contributed by atoms with Gasteiger partial charge in [-0.1, -0.05) is 58.4 Å². The van der Waals surface area contributed by atoms with Crippen molar-refractivity contribution in [2.45, 2.75) is 0 Å². The molecule has 2 aromatic carbocycles. The van der Waals surface area contributed by atoms with Gasteiger partial charge in [0.05, 0.1) is 13.2 Å². The first kappa shape index (κ1) is 14.3. The number of ether oxygens (including phenoxy) is 1. The van der Waals surface area contributed by atoms with Crippen molar-refractivity contribution in [3.63, 3.8) is 0 Å². The van der Waals surface area contributed by atoms with Crippen LogP contribution in [0.3, 0.4) is 0 Å². The third-order valence-corrected chi connectivity index (χ3v) is 3.33. The molecule has 2 nitrogen and oxygen atoms in total. The molecule has 1 fully saturated rings. The molecule has 0 aromatic heterocycles. The van der Waals surface area contributed by atoms with Crippen LogP contribution in [-0.4, -0.2) is 26.3 Å². The molecule has 19 heavy (non-hydrogen) atoms. The van der Waals surface area contributed by atoms with Crippen molar-refractivity contribution in [1.82, 2.24) is 5.32 Å². The summed E-state index contributed by atoms with van der Waals surface area (Å²) in [6.07, 6.45) is 0. The van der Waals surface area contributed by atoms with Crippen molar-refractivity contribution < 1.29 is 4.74 Å². The highest BCUT2D eigenvalue weighted by molar-refractivity contribution is 9.10. The zero-order valence-corrected chi connectivity index (χ0v) is 12.4. The Labute approximate surface area is 122 Å². The Hall–Kier alpha value is -1.16. The second-order valence-corrected chi connectivity index (χ2v) is 5.15. The normalized spacial score (nSPS) is 14.4. The molecule has 1 heterocycles. The fourth-order valence-electron chi connectivity index (χ4n) is 1.79. The first-order valence-corrected chi connectivity index (χ1v) is 7.25. The van der Waals surface area contributed by atoms with Crippen molar-refractivity contribution >= 4 is 15.9 Å². The largest absolute Gasteiger partial charge is 0.379 e. The van der Waals surface area contributed by atoms with E-state index in [0.29, 0.717) is 0 Å². The zero-order chi connectivity index (χ0) is 13.3. The monoisotopic (exact) mass is 319 g/mol. The molecule has 0 aliphatic carbocycles. The van der Waals surface area contributed by atoms with Gasteiger partial charge in [0, 0.05) is 17.6 Å². The second-order valence-electron chi connectivity index (χ2n) is 4.24. The van der Waals surface area contributed by atoms with E-state index in [1.807, 2.05) is 6.07 Å². The molecule has 0 amide bonds. The summed E-state index contributed by atoms with van der Waals surface area (Å²) in [6, 6.07) is 18.7. The van der Waals surface area contributed by atoms with Gasteiger partial charge in [0.25, 0.3) is 0 Å². The number of benzene rings is 2. The molecule has 0 atom stereocenters. The van der Waals surface area contributed by atoms with Crippen LogP contribution in [0.25, 0.3) is 11.1 Å². The fraction of sp³-hybridized carbons (Fsp3) is 0.250. The lowest BCUT2D eigenvalue weighted by Crippen LogP contribution is -2.30. The average Bonchev–Trinajstić information content (AvgIpc) is 2.51. The fourth-order valence-corrected chi connectivity index (χ4v) is 2.05. The molecular formula is C16H18BrNO. The van der Waals surface area contributed by atoms with E-state index in [1.54, 1.807) is 0 Å². The Kier molecular flexibility index (Phi) is 6.08. The van der Waals surface area contributed by atoms with Crippen LogP contribution in [-0.2, 0) is 4.74 Å². The molecule has 1 saturated heterocycles. The Balaban J connectivity index is 0.000000186. The summed E-state index contributed by atoms with van der Waals surface area (Å²) in [4.78, 5) is 0. The molecule has 1 aliphatic rings. The number of hydrogen-bond donors (Lipinski definition) is 1. The summed E-state index contributed by atoms with van der Waals surface area (Å²) in [5.41, 5.74) is 2.51. The average molecular weight is 320 g/mol. The summed E-state index contributed by atoms with van der Waals surface area (Å²) in [5, 5.41) is 3.16. The smallest absolute Gasteiger partial charge is 0.0591 e. The lowest BCUT2D eigenvalue weighted by atomic mass is 10.1. The third kappa shape index (κ3) is 5.15. The molecule has 1 N–H and O–H groups in total. The van der Waals surface area contributed by atoms with Crippen LogP contribution >= 0.6 is 15.9 Å². The molecule has 3 heteroatoms. The Morgan fingerprint density at radius 1 is 0.789 bits per heavy atom. The summed E-state index contributed by atoms with van der Waals surface area (Å²) in [6.45, 7) is 3.83. The van der Waals surface area contributed by atoms with Gasteiger partial charge in [-0.2, -0.15) is 0 Å². The van der Waals surface area contributed by atoms with E-state index in [9.17, 15) is 0 Å². The van der Waals surface area contributed by atoms with E-state index in [4.69, 9.17) is 4.74 Å². The quantitative estimate of drug-likeness (QED) is 0.865. The first-order chi connectivity index (χ1) is 9.36. The summed E-state index contributed by atoms with van der Waals surface area (Å²) >= 11 is 3.42. The van der Waals surface area contributed by atoms with Gasteiger partial charge < -0.3 is 10.1 Å². The Bertz CT molecular complexity index is 454. The Morgan fingerprint density at radius 2 is 1.37 bits per heavy atom. The van der Waals surface area contributed by atoms with Gasteiger partial charge in [-0.3, -0.25) is 0 Å². The van der Waals surface area contributed by atoms with Gasteiger partial charge in [0.2, 0.25) is 0 Å². The second kappa shape index (κ2) is 8.10. The zero-order valence-electron chi connectivity index (χ0n) is 10.8. The molecule has 3 rings (SSSR count). The van der Waals surface area contributed by atoms with Gasteiger partial charge in [-0.05, 0) is 23.3 Å². The maximum absolute atomic E-state index is 5.01. The van der Waals surface area contributed by atoms with Gasteiger partial charge in [-0.15, -0.1) is 0 Å². The Morgan fingerprint density at radius 3 is 1.84 bits per heavy atom. The molecule has 0 radical (unpaired) electrons. The number of nitrogens with one attached hydrogen (secondary N) is 1. The molecule has 2 aromatic rings. The lowest BCUT2D eigenvalue weighted by Gasteiger charge is -2.10. The topological polar surface area (TPSA) is 21.3 Å². The van der Waals surface area contributed by atoms with E-state index >= 15 is 0 Å². The van der Waals surface area contributed by atoms with Crippen molar-refractivity contribution in [3.8, 4) is 11.1 Å². The number of halogens is 1. The van der Waals surface area contributed by atoms with Crippen molar-refractivity contribution in [3.05, 3.63) is 59.1 Å². The molecule has 100 valence electrons. The van der Waals surface area contributed by atoms with Crippen molar-refractivity contribution in [1.29, 1.82) is 0 Å². The minimum atomic E-state index is 0.889. The molecule has 0 saturated carbocycles. The molecule has 1 aliphatic heterocycles. The summed E-state index contributed by atoms with van der Waals surface area (Å²) < 4.78 is 6.12. The number of hydrogen-bond acceptors (Lipinski definition) is 2. The molecule has 0 spiro atoms. The molecule has 0 unspecified atom stereocenters. The van der Waals surface area contributed by atoms with Gasteiger partial charge in [0.1, 0.15) is 0 Å². The molecular weight excluding hydrogens is 302 g/mol. The summed E-state index contributed by atoms with van der Waals surface area (Å²) in [7, 11) is 0. The van der Waals surface area contributed by atoms with Crippen LogP contribution in [0.5, 0.6) is 0 Å². The SMILES string of the molecule is Brc1ccc(-c2ccccc2)cc1.C1COCCN1. The third-order valence-electron chi connectivity index (χ3n) is 2.80. The van der Waals surface area contributed by atoms with Gasteiger partial charge in [-0.25, -0.2) is 0 Å². The van der Waals surface area contributed by atoms with E-state index in [0.717, 1.165) is 30.8 Å². The minimum absolute atomic E-state index is 0.889. The van der Waals surface area contributed by atoms with Crippen molar-refractivity contribution in [2.75, 3.05) is 26.3 Å². The van der Waals surface area contributed by atoms with E-state index < -0.39 is 0 Å². The maximum atomic E-state index is 5.01. The van der Waals surface area contributed by atoms with Crippen LogP contribution in [0.1, 0.15) is 0 Å². The predicted octanol–water partition coefficient (Wildman–Crippen LogP) is 3.72. The van der Waals surface area contributed by atoms with Crippen molar-refractivity contribution in [2.24, 2.45) is 0 Å². The van der Waals surface area contributed by atoms with E-state index in [1.165, 1.54) is 11.1 Å². The van der Waals surface area contributed by atoms with Crippen LogP contribution in [0, 0.1) is 0 Å². The van der Waals surface area contributed by atoms with Crippen LogP contribution in [0.2, 0.25) is 0 Å². The van der Waals surface area contributed by atoms with Crippen LogP contribution in [0.15, 0.2) is 59.1 Å². The van der Waals surface area contributed by atoms with Crippen LogP contribution < -0.4 is 5.32 Å². The van der Waals surface area contributed by atoms with E-state index in [-0.39, 0.29) is 0 Å². The van der Waals surface area contributed by atoms with Gasteiger partial charge in [0.15, 0.2) is 0 Å². The van der Waals surface area contributed by atoms with Gasteiger partial charge >= 0.3 is 0 Å². The minimum Gasteiger partial charge on any atom is -0.379 e. The van der Waals surface area contributed by atoms with E-state index in [2.05, 4.69) is 69.8 Å². The highest BCUT2D eigenvalue weighted by Gasteiger charge is 1.94. The standard InChI is InChI=1S/C12H9Br.C4H9NO/c13-12-8-6-11(7-9-12)10-4-2-1-3-5-10;1-3-6-4-2-5-1/h1-9H;5H,1-4H2. The number of rotatable bonds is 1. The highest BCUT2D eigenvalue weighted by Crippen LogP contribution is 2.20. The predicted molar refractivity (Wildman–Crippen MR) is 83.3 cm³/mol. The van der Waals surface area contributed by atoms with Crippen LogP contribution in [0.4, 0.5) is 0 Å². The lowest BCUT2D eigenvalue weighted by molar-refractivity contribution is 0.109.